The van der Waals surface area contributed by atoms with Crippen molar-refractivity contribution in [2.24, 2.45) is 5.92 Å². The predicted molar refractivity (Wildman–Crippen MR) is 83.5 cm³/mol. The molecule has 0 spiro atoms. The molecule has 4 amide bonds. The third kappa shape index (κ3) is 2.42. The van der Waals surface area contributed by atoms with Crippen LogP contribution in [0, 0.1) is 5.92 Å². The zero-order chi connectivity index (χ0) is 16.0. The molecule has 4 rings (SSSR count). The van der Waals surface area contributed by atoms with Crippen LogP contribution >= 0.6 is 0 Å². The molecule has 1 aliphatic carbocycles. The summed E-state index contributed by atoms with van der Waals surface area (Å²) in [7, 11) is 0. The molecule has 4 fully saturated rings. The number of carbonyl (C=O) groups excluding carboxylic acids is 3. The van der Waals surface area contributed by atoms with Gasteiger partial charge >= 0.3 is 6.03 Å². The van der Waals surface area contributed by atoms with Crippen molar-refractivity contribution in [1.82, 2.24) is 14.7 Å². The Hall–Kier alpha value is -1.59. The maximum atomic E-state index is 12.6. The molecule has 0 aromatic rings. The summed E-state index contributed by atoms with van der Waals surface area (Å²) >= 11 is 0. The normalized spacial score (nSPS) is 32.1. The number of carbonyl (C=O) groups is 3. The summed E-state index contributed by atoms with van der Waals surface area (Å²) in [5.41, 5.74) is 0. The van der Waals surface area contributed by atoms with Crippen molar-refractivity contribution in [2.45, 2.75) is 63.5 Å². The van der Waals surface area contributed by atoms with Gasteiger partial charge in [0.15, 0.2) is 0 Å². The van der Waals surface area contributed by atoms with E-state index in [1.807, 2.05) is 4.90 Å². The molecule has 3 aliphatic heterocycles. The molecule has 1 saturated carbocycles. The van der Waals surface area contributed by atoms with Gasteiger partial charge in [-0.3, -0.25) is 14.5 Å². The van der Waals surface area contributed by atoms with Crippen LogP contribution in [0.5, 0.6) is 0 Å². The van der Waals surface area contributed by atoms with E-state index in [1.54, 1.807) is 4.90 Å². The molecular formula is C17H25N3O3. The highest BCUT2D eigenvalue weighted by molar-refractivity contribution is 6.05. The molecule has 0 aromatic heterocycles. The first-order chi connectivity index (χ1) is 11.2. The van der Waals surface area contributed by atoms with Gasteiger partial charge in [-0.2, -0.15) is 0 Å². The van der Waals surface area contributed by atoms with E-state index >= 15 is 0 Å². The number of hydrogen-bond donors (Lipinski definition) is 0. The zero-order valence-electron chi connectivity index (χ0n) is 13.6. The molecule has 0 radical (unpaired) electrons. The van der Waals surface area contributed by atoms with Crippen LogP contribution in [0.15, 0.2) is 0 Å². The Morgan fingerprint density at radius 1 is 0.913 bits per heavy atom. The lowest BCUT2D eigenvalue weighted by molar-refractivity contribution is -0.136. The van der Waals surface area contributed by atoms with E-state index in [-0.39, 0.29) is 35.8 Å². The first kappa shape index (κ1) is 15.0. The first-order valence-corrected chi connectivity index (χ1v) is 9.09. The number of likely N-dealkylation sites (tertiary alicyclic amines) is 1. The lowest BCUT2D eigenvalue weighted by Crippen LogP contribution is -2.44. The quantitative estimate of drug-likeness (QED) is 0.726. The third-order valence-corrected chi connectivity index (χ3v) is 6.02. The lowest BCUT2D eigenvalue weighted by Gasteiger charge is -2.27. The van der Waals surface area contributed by atoms with Crippen molar-refractivity contribution in [3.63, 3.8) is 0 Å². The molecule has 0 N–H and O–H groups in total. The van der Waals surface area contributed by atoms with Gasteiger partial charge in [0.1, 0.15) is 6.04 Å². The van der Waals surface area contributed by atoms with Gasteiger partial charge in [-0.1, -0.05) is 19.3 Å². The average molecular weight is 319 g/mol. The van der Waals surface area contributed by atoms with E-state index in [0.29, 0.717) is 19.6 Å². The van der Waals surface area contributed by atoms with Crippen LogP contribution in [0.3, 0.4) is 0 Å². The van der Waals surface area contributed by atoms with Crippen molar-refractivity contribution in [3.8, 4) is 0 Å². The van der Waals surface area contributed by atoms with Gasteiger partial charge in [-0.25, -0.2) is 4.79 Å². The van der Waals surface area contributed by atoms with E-state index in [9.17, 15) is 14.4 Å². The standard InChI is InChI=1S/C17H25N3O3/c21-15(12-5-2-1-3-6-12)18-10-8-13(11-18)20-16(22)14-7-4-9-19(14)17(20)23/h12-14H,1-11H2/t13-,14+/m1/s1. The molecule has 6 heteroatoms. The second-order valence-electron chi connectivity index (χ2n) is 7.40. The maximum Gasteiger partial charge on any atom is 0.327 e. The number of urea groups is 1. The molecule has 3 heterocycles. The van der Waals surface area contributed by atoms with E-state index in [0.717, 1.165) is 44.9 Å². The van der Waals surface area contributed by atoms with Crippen molar-refractivity contribution < 1.29 is 14.4 Å². The van der Waals surface area contributed by atoms with Crippen LogP contribution in [-0.4, -0.2) is 64.3 Å². The molecule has 0 bridgehead atoms. The maximum absolute atomic E-state index is 12.6. The van der Waals surface area contributed by atoms with Crippen LogP contribution in [0.25, 0.3) is 0 Å². The minimum absolute atomic E-state index is 0.0375. The first-order valence-electron chi connectivity index (χ1n) is 9.09. The van der Waals surface area contributed by atoms with Gasteiger partial charge < -0.3 is 9.80 Å². The van der Waals surface area contributed by atoms with E-state index in [1.165, 1.54) is 11.3 Å². The van der Waals surface area contributed by atoms with Crippen LogP contribution < -0.4 is 0 Å². The van der Waals surface area contributed by atoms with E-state index < -0.39 is 0 Å². The van der Waals surface area contributed by atoms with Gasteiger partial charge in [0.05, 0.1) is 6.04 Å². The molecule has 23 heavy (non-hydrogen) atoms. The van der Waals surface area contributed by atoms with Gasteiger partial charge in [0, 0.05) is 25.6 Å². The van der Waals surface area contributed by atoms with Gasteiger partial charge in [0.2, 0.25) is 5.91 Å². The third-order valence-electron chi connectivity index (χ3n) is 6.02. The van der Waals surface area contributed by atoms with Crippen LogP contribution in [0.2, 0.25) is 0 Å². The summed E-state index contributed by atoms with van der Waals surface area (Å²) < 4.78 is 0. The number of nitrogens with zero attached hydrogens (tertiary/aromatic N) is 3. The average Bonchev–Trinajstić information content (AvgIpc) is 3.28. The Balaban J connectivity index is 1.41. The zero-order valence-corrected chi connectivity index (χ0v) is 13.6. The predicted octanol–water partition coefficient (Wildman–Crippen LogP) is 1.59. The number of imide groups is 1. The summed E-state index contributed by atoms with van der Waals surface area (Å²) in [6.07, 6.45) is 7.97. The van der Waals surface area contributed by atoms with E-state index in [2.05, 4.69) is 0 Å². The minimum atomic E-state index is -0.231. The summed E-state index contributed by atoms with van der Waals surface area (Å²) in [6, 6.07) is -0.479. The van der Waals surface area contributed by atoms with Gasteiger partial charge in [-0.15, -0.1) is 0 Å². The Kier molecular flexibility index (Phi) is 3.77. The molecule has 4 aliphatic rings. The highest BCUT2D eigenvalue weighted by atomic mass is 16.2. The van der Waals surface area contributed by atoms with Crippen molar-refractivity contribution in [3.05, 3.63) is 0 Å². The molecule has 0 aromatic carbocycles. The Bertz CT molecular complexity index is 507. The SMILES string of the molecule is O=C(C1CCCCC1)N1CC[C@@H](N2C(=O)[C@@H]3CCCN3C2=O)C1. The summed E-state index contributed by atoms with van der Waals surface area (Å²) in [5, 5.41) is 0. The molecule has 0 unspecified atom stereocenters. The van der Waals surface area contributed by atoms with Crippen molar-refractivity contribution in [2.75, 3.05) is 19.6 Å². The van der Waals surface area contributed by atoms with E-state index in [4.69, 9.17) is 0 Å². The fourth-order valence-corrected chi connectivity index (χ4v) is 4.74. The number of fused-ring (bicyclic) bond motifs is 1. The molecule has 3 saturated heterocycles. The molecular weight excluding hydrogens is 294 g/mol. The second kappa shape index (κ2) is 5.80. The fourth-order valence-electron chi connectivity index (χ4n) is 4.74. The number of amides is 4. The molecule has 6 nitrogen and oxygen atoms in total. The van der Waals surface area contributed by atoms with Crippen LogP contribution in [0.4, 0.5) is 4.79 Å². The van der Waals surface area contributed by atoms with Gasteiger partial charge in [-0.05, 0) is 32.1 Å². The smallest absolute Gasteiger partial charge is 0.327 e. The van der Waals surface area contributed by atoms with Crippen molar-refractivity contribution in [1.29, 1.82) is 0 Å². The van der Waals surface area contributed by atoms with Crippen LogP contribution in [-0.2, 0) is 9.59 Å². The highest BCUT2D eigenvalue weighted by Gasteiger charge is 2.51. The number of rotatable bonds is 2. The Morgan fingerprint density at radius 2 is 1.70 bits per heavy atom. The second-order valence-corrected chi connectivity index (χ2v) is 7.40. The molecule has 2 atom stereocenters. The Morgan fingerprint density at radius 3 is 2.43 bits per heavy atom. The summed E-state index contributed by atoms with van der Waals surface area (Å²) in [4.78, 5) is 42.7. The lowest BCUT2D eigenvalue weighted by atomic mass is 9.88. The topological polar surface area (TPSA) is 60.9 Å². The minimum Gasteiger partial charge on any atom is -0.340 e. The highest BCUT2D eigenvalue weighted by Crippen LogP contribution is 2.32. The summed E-state index contributed by atoms with van der Waals surface area (Å²) in [6.45, 7) is 1.91. The monoisotopic (exact) mass is 319 g/mol. The van der Waals surface area contributed by atoms with Crippen LogP contribution in [0.1, 0.15) is 51.4 Å². The number of hydrogen-bond acceptors (Lipinski definition) is 3. The van der Waals surface area contributed by atoms with Crippen molar-refractivity contribution >= 4 is 17.8 Å². The molecule has 126 valence electrons. The van der Waals surface area contributed by atoms with Gasteiger partial charge in [0.25, 0.3) is 5.91 Å². The largest absolute Gasteiger partial charge is 0.340 e. The Labute approximate surface area is 136 Å². The summed E-state index contributed by atoms with van der Waals surface area (Å²) in [5.74, 6) is 0.367. The fraction of sp³-hybridized carbons (Fsp3) is 0.824.